The molecule has 0 radical (unpaired) electrons. The second-order valence-corrected chi connectivity index (χ2v) is 9.58. The van der Waals surface area contributed by atoms with E-state index in [1.165, 1.54) is 7.11 Å². The van der Waals surface area contributed by atoms with Gasteiger partial charge in [-0.3, -0.25) is 9.59 Å². The third-order valence-electron chi connectivity index (χ3n) is 6.55. The number of aryl methyl sites for hydroxylation is 1. The molecule has 36 heavy (non-hydrogen) atoms. The van der Waals surface area contributed by atoms with E-state index in [1.54, 1.807) is 23.1 Å². The van der Waals surface area contributed by atoms with Gasteiger partial charge in [0.15, 0.2) is 22.9 Å². The van der Waals surface area contributed by atoms with Gasteiger partial charge < -0.3 is 28.6 Å². The molecular weight excluding hydrogens is 482 g/mol. The van der Waals surface area contributed by atoms with Crippen molar-refractivity contribution >= 4 is 45.2 Å². The smallest absolute Gasteiger partial charge is 0.290 e. The topological polar surface area (TPSA) is 88.1 Å². The summed E-state index contributed by atoms with van der Waals surface area (Å²) in [5.41, 5.74) is 2.05. The average Bonchev–Trinajstić information content (AvgIpc) is 3.50. The van der Waals surface area contributed by atoms with Crippen molar-refractivity contribution in [3.63, 3.8) is 0 Å². The van der Waals surface area contributed by atoms with E-state index in [2.05, 4.69) is 0 Å². The molecule has 9 heteroatoms. The van der Waals surface area contributed by atoms with E-state index in [0.29, 0.717) is 34.8 Å². The van der Waals surface area contributed by atoms with Crippen LogP contribution in [0.15, 0.2) is 64.4 Å². The minimum atomic E-state index is -0.783. The summed E-state index contributed by atoms with van der Waals surface area (Å²) in [4.78, 5) is 30.7. The largest absolute Gasteiger partial charge is 0.503 e. The maximum Gasteiger partial charge on any atom is 0.290 e. The lowest BCUT2D eigenvalue weighted by Gasteiger charge is -2.27. The molecule has 4 aromatic rings. The lowest BCUT2D eigenvalue weighted by atomic mass is 9.94. The highest BCUT2D eigenvalue weighted by atomic mass is 35.5. The summed E-state index contributed by atoms with van der Waals surface area (Å²) >= 11 is 6.19. The Kier molecular flexibility index (Phi) is 6.02. The number of rotatable bonds is 7. The van der Waals surface area contributed by atoms with Crippen LogP contribution in [0.3, 0.4) is 0 Å². The number of benzene rings is 2. The van der Waals surface area contributed by atoms with E-state index < -0.39 is 23.5 Å². The normalized spacial score (nSPS) is 16.2. The highest BCUT2D eigenvalue weighted by Gasteiger charge is 2.45. The number of hydrogen-bond acceptors (Lipinski definition) is 6. The van der Waals surface area contributed by atoms with Crippen LogP contribution in [0.5, 0.6) is 5.75 Å². The first-order valence-electron chi connectivity index (χ1n) is 11.5. The van der Waals surface area contributed by atoms with Crippen LogP contribution < -0.4 is 4.74 Å². The average molecular weight is 508 g/mol. The monoisotopic (exact) mass is 507 g/mol. The van der Waals surface area contributed by atoms with Crippen LogP contribution in [0.25, 0.3) is 21.9 Å². The zero-order chi connectivity index (χ0) is 25.7. The number of para-hydroxylation sites is 1. The number of halogens is 1. The zero-order valence-corrected chi connectivity index (χ0v) is 21.2. The van der Waals surface area contributed by atoms with Crippen molar-refractivity contribution in [3.8, 4) is 5.75 Å². The fourth-order valence-corrected chi connectivity index (χ4v) is 5.04. The summed E-state index contributed by atoms with van der Waals surface area (Å²) in [7, 11) is 7.20. The van der Waals surface area contributed by atoms with Gasteiger partial charge in [-0.15, -0.1) is 0 Å². The van der Waals surface area contributed by atoms with E-state index in [-0.39, 0.29) is 11.3 Å². The number of ether oxygens (including phenoxy) is 1. The number of ketones is 1. The van der Waals surface area contributed by atoms with Crippen molar-refractivity contribution in [2.75, 3.05) is 34.3 Å². The molecule has 3 heterocycles. The quantitative estimate of drug-likeness (QED) is 0.364. The van der Waals surface area contributed by atoms with Crippen molar-refractivity contribution in [2.24, 2.45) is 7.05 Å². The lowest BCUT2D eigenvalue weighted by Crippen LogP contribution is -2.36. The number of carbonyl (C=O) groups excluding carboxylic acids is 2. The Bertz CT molecular complexity index is 1550. The number of amides is 1. The first kappa shape index (κ1) is 24.0. The molecule has 0 saturated carbocycles. The molecule has 1 unspecified atom stereocenters. The number of Topliss-reactive ketones (excluding diaryl/α,β-unsaturated/α-hetero) is 1. The molecule has 186 valence electrons. The maximum atomic E-state index is 13.9. The number of hydrogen-bond donors (Lipinski definition) is 1. The summed E-state index contributed by atoms with van der Waals surface area (Å²) in [6.45, 7) is 0.881. The van der Waals surface area contributed by atoms with Crippen LogP contribution in [-0.4, -0.2) is 65.5 Å². The Balaban J connectivity index is 1.67. The minimum Gasteiger partial charge on any atom is -0.503 e. The summed E-state index contributed by atoms with van der Waals surface area (Å²) in [5, 5.41) is 12.9. The first-order valence-corrected chi connectivity index (χ1v) is 11.8. The molecule has 5 rings (SSSR count). The van der Waals surface area contributed by atoms with Gasteiger partial charge in [0.1, 0.15) is 0 Å². The van der Waals surface area contributed by atoms with Gasteiger partial charge in [-0.1, -0.05) is 29.8 Å². The van der Waals surface area contributed by atoms with E-state index in [4.69, 9.17) is 20.8 Å². The van der Waals surface area contributed by atoms with E-state index in [9.17, 15) is 14.7 Å². The van der Waals surface area contributed by atoms with Crippen LogP contribution in [-0.2, 0) is 11.8 Å². The summed E-state index contributed by atoms with van der Waals surface area (Å²) in [6, 6.07) is 11.8. The number of methoxy groups -OCH3 is 1. The fraction of sp³-hybridized carbons (Fsp3) is 0.259. The van der Waals surface area contributed by atoms with Crippen molar-refractivity contribution in [3.05, 3.63) is 76.3 Å². The third kappa shape index (κ3) is 3.83. The SMILES string of the molecule is COc1cc(Cl)cc2cc(C(=O)C3=C(O)C(=O)N(CCN(C)C)C3c3cn(C)c4ccccc34)oc12. The highest BCUT2D eigenvalue weighted by molar-refractivity contribution is 6.31. The molecule has 1 amide bonds. The third-order valence-corrected chi connectivity index (χ3v) is 6.77. The van der Waals surface area contributed by atoms with E-state index in [1.807, 2.05) is 61.1 Å². The molecule has 1 atom stereocenters. The van der Waals surface area contributed by atoms with Crippen molar-refractivity contribution in [1.82, 2.24) is 14.4 Å². The molecule has 0 spiro atoms. The second-order valence-electron chi connectivity index (χ2n) is 9.15. The molecule has 1 N–H and O–H groups in total. The van der Waals surface area contributed by atoms with Gasteiger partial charge in [-0.2, -0.15) is 0 Å². The number of likely N-dealkylation sites (N-methyl/N-ethyl adjacent to an activating group) is 1. The lowest BCUT2D eigenvalue weighted by molar-refractivity contribution is -0.129. The first-order chi connectivity index (χ1) is 17.2. The predicted molar refractivity (Wildman–Crippen MR) is 138 cm³/mol. The van der Waals surface area contributed by atoms with Gasteiger partial charge in [0, 0.05) is 59.3 Å². The summed E-state index contributed by atoms with van der Waals surface area (Å²) < 4.78 is 13.2. The van der Waals surface area contributed by atoms with Crippen molar-refractivity contribution in [2.45, 2.75) is 6.04 Å². The molecule has 1 aliphatic rings. The second kappa shape index (κ2) is 9.04. The Morgan fingerprint density at radius 2 is 1.97 bits per heavy atom. The van der Waals surface area contributed by atoms with Gasteiger partial charge >= 0.3 is 0 Å². The van der Waals surface area contributed by atoms with Gasteiger partial charge in [0.05, 0.1) is 18.7 Å². The number of aliphatic hydroxyl groups is 1. The molecule has 0 fully saturated rings. The standard InChI is InChI=1S/C27H26ClN3O5/c1-29(2)9-10-31-23(18-14-30(3)19-8-6-5-7-17(18)19)22(25(33)27(31)34)24(32)20-12-15-11-16(28)13-21(35-4)26(15)36-20/h5-8,11-14,23,33H,9-10H2,1-4H3. The molecule has 1 aliphatic heterocycles. The fourth-order valence-electron chi connectivity index (χ4n) is 4.82. The summed E-state index contributed by atoms with van der Waals surface area (Å²) in [5.74, 6) is -1.35. The Hall–Kier alpha value is -3.75. The Morgan fingerprint density at radius 1 is 1.22 bits per heavy atom. The Labute approximate surface area is 212 Å². The minimum absolute atomic E-state index is 0.0142. The van der Waals surface area contributed by atoms with E-state index in [0.717, 1.165) is 16.5 Å². The highest BCUT2D eigenvalue weighted by Crippen LogP contribution is 2.43. The number of fused-ring (bicyclic) bond motifs is 2. The van der Waals surface area contributed by atoms with Crippen LogP contribution in [0.1, 0.15) is 22.2 Å². The molecule has 0 saturated heterocycles. The van der Waals surface area contributed by atoms with Crippen LogP contribution in [0.4, 0.5) is 0 Å². The number of aliphatic hydroxyl groups excluding tert-OH is 1. The van der Waals surface area contributed by atoms with E-state index >= 15 is 0 Å². The zero-order valence-electron chi connectivity index (χ0n) is 20.4. The van der Waals surface area contributed by atoms with Crippen molar-refractivity contribution in [1.29, 1.82) is 0 Å². The van der Waals surface area contributed by atoms with Crippen LogP contribution in [0, 0.1) is 0 Å². The van der Waals surface area contributed by atoms with Gasteiger partial charge in [-0.25, -0.2) is 0 Å². The number of nitrogens with zero attached hydrogens (tertiary/aromatic N) is 3. The number of carbonyl (C=O) groups is 2. The van der Waals surface area contributed by atoms with Gasteiger partial charge in [0.2, 0.25) is 5.78 Å². The molecular formula is C27H26ClN3O5. The van der Waals surface area contributed by atoms with Crippen molar-refractivity contribution < 1.29 is 23.8 Å². The maximum absolute atomic E-state index is 13.9. The van der Waals surface area contributed by atoms with Crippen LogP contribution >= 0.6 is 11.6 Å². The number of aromatic nitrogens is 1. The Morgan fingerprint density at radius 3 is 2.69 bits per heavy atom. The molecule has 0 aliphatic carbocycles. The predicted octanol–water partition coefficient (Wildman–Crippen LogP) is 4.73. The molecule has 0 bridgehead atoms. The number of furan rings is 1. The molecule has 2 aromatic heterocycles. The molecule has 8 nitrogen and oxygen atoms in total. The van der Waals surface area contributed by atoms with Gasteiger partial charge in [0.25, 0.3) is 5.91 Å². The van der Waals surface area contributed by atoms with Gasteiger partial charge in [-0.05, 0) is 32.3 Å². The molecule has 2 aromatic carbocycles. The van der Waals surface area contributed by atoms with Crippen LogP contribution in [0.2, 0.25) is 5.02 Å². The summed E-state index contributed by atoms with van der Waals surface area (Å²) in [6.07, 6.45) is 1.90.